The molecular weight excluding hydrogens is 279 g/mol. The van der Waals surface area contributed by atoms with Crippen molar-refractivity contribution in [1.29, 1.82) is 0 Å². The van der Waals surface area contributed by atoms with E-state index >= 15 is 0 Å². The first-order chi connectivity index (χ1) is 10.7. The first-order valence-corrected chi connectivity index (χ1v) is 8.72. The fourth-order valence-corrected chi connectivity index (χ4v) is 4.71. The van der Waals surface area contributed by atoms with Crippen molar-refractivity contribution in [3.8, 4) is 0 Å². The molecule has 0 bridgehead atoms. The van der Waals surface area contributed by atoms with Gasteiger partial charge in [-0.1, -0.05) is 31.8 Å². The minimum Gasteiger partial charge on any atom is -0.402 e. The topological polar surface area (TPSA) is 36.9 Å². The molecule has 5 heteroatoms. The molecule has 0 aromatic rings. The standard InChI is InChI=1S/C17H29BO4/c1-4-13-18-21-14(16(19-2)9-5-6-10-16)15(22-18)17(20-3)11-7-8-12-17/h4,14-15H,1,5-13H2,2-3H3/t14-,15-/m1/s1. The van der Waals surface area contributed by atoms with Gasteiger partial charge in [0.05, 0.1) is 23.4 Å². The van der Waals surface area contributed by atoms with Crippen LogP contribution in [0.3, 0.4) is 0 Å². The van der Waals surface area contributed by atoms with Crippen LogP contribution in [0, 0.1) is 0 Å². The molecule has 0 amide bonds. The van der Waals surface area contributed by atoms with Crippen LogP contribution in [-0.4, -0.2) is 44.7 Å². The Hall–Kier alpha value is -0.355. The average molecular weight is 308 g/mol. The maximum absolute atomic E-state index is 6.33. The van der Waals surface area contributed by atoms with Gasteiger partial charge in [0, 0.05) is 20.5 Å². The van der Waals surface area contributed by atoms with Gasteiger partial charge >= 0.3 is 7.12 Å². The molecule has 2 saturated carbocycles. The van der Waals surface area contributed by atoms with E-state index in [9.17, 15) is 0 Å². The van der Waals surface area contributed by atoms with Crippen LogP contribution in [0.4, 0.5) is 0 Å². The van der Waals surface area contributed by atoms with Gasteiger partial charge in [-0.3, -0.25) is 0 Å². The number of rotatable bonds is 6. The maximum atomic E-state index is 6.33. The van der Waals surface area contributed by atoms with Gasteiger partial charge in [0.25, 0.3) is 0 Å². The number of hydrogen-bond acceptors (Lipinski definition) is 4. The molecule has 3 rings (SSSR count). The highest BCUT2D eigenvalue weighted by Gasteiger charge is 2.59. The molecular formula is C17H29BO4. The maximum Gasteiger partial charge on any atom is 0.461 e. The molecule has 0 unspecified atom stereocenters. The second kappa shape index (κ2) is 6.64. The van der Waals surface area contributed by atoms with Crippen molar-refractivity contribution in [2.75, 3.05) is 14.2 Å². The Morgan fingerprint density at radius 1 is 0.955 bits per heavy atom. The summed E-state index contributed by atoms with van der Waals surface area (Å²) in [6.45, 7) is 3.82. The van der Waals surface area contributed by atoms with Crippen LogP contribution in [0.2, 0.25) is 6.32 Å². The Balaban J connectivity index is 1.88. The van der Waals surface area contributed by atoms with Crippen molar-refractivity contribution >= 4 is 7.12 Å². The van der Waals surface area contributed by atoms with E-state index in [0.717, 1.165) is 25.7 Å². The van der Waals surface area contributed by atoms with Gasteiger partial charge in [0.15, 0.2) is 0 Å². The Morgan fingerprint density at radius 2 is 1.36 bits per heavy atom. The van der Waals surface area contributed by atoms with Gasteiger partial charge in [0.2, 0.25) is 0 Å². The lowest BCUT2D eigenvalue weighted by Crippen LogP contribution is -2.56. The van der Waals surface area contributed by atoms with E-state index in [2.05, 4.69) is 6.58 Å². The lowest BCUT2D eigenvalue weighted by Gasteiger charge is -2.43. The number of hydrogen-bond donors (Lipinski definition) is 0. The molecule has 2 atom stereocenters. The second-order valence-electron chi connectivity index (χ2n) is 7.02. The quantitative estimate of drug-likeness (QED) is 0.557. The second-order valence-corrected chi connectivity index (χ2v) is 7.02. The summed E-state index contributed by atoms with van der Waals surface area (Å²) in [5.74, 6) is 0. The highest BCUT2D eigenvalue weighted by Crippen LogP contribution is 2.48. The molecule has 124 valence electrons. The molecule has 1 saturated heterocycles. The summed E-state index contributed by atoms with van der Waals surface area (Å²) >= 11 is 0. The van der Waals surface area contributed by atoms with E-state index in [1.807, 2.05) is 20.3 Å². The summed E-state index contributed by atoms with van der Waals surface area (Å²) in [7, 11) is 3.43. The van der Waals surface area contributed by atoms with E-state index < -0.39 is 0 Å². The molecule has 4 nitrogen and oxygen atoms in total. The van der Waals surface area contributed by atoms with Crippen LogP contribution in [0.5, 0.6) is 0 Å². The van der Waals surface area contributed by atoms with Gasteiger partial charge in [-0.2, -0.15) is 0 Å². The van der Waals surface area contributed by atoms with Crippen LogP contribution in [0.15, 0.2) is 12.7 Å². The van der Waals surface area contributed by atoms with E-state index in [1.165, 1.54) is 25.7 Å². The highest BCUT2D eigenvalue weighted by atomic mass is 16.7. The van der Waals surface area contributed by atoms with Crippen molar-refractivity contribution in [3.63, 3.8) is 0 Å². The zero-order chi connectivity index (χ0) is 15.6. The van der Waals surface area contributed by atoms with E-state index in [-0.39, 0.29) is 30.5 Å². The predicted molar refractivity (Wildman–Crippen MR) is 86.9 cm³/mol. The van der Waals surface area contributed by atoms with Crippen molar-refractivity contribution < 1.29 is 18.8 Å². The molecule has 22 heavy (non-hydrogen) atoms. The zero-order valence-electron chi connectivity index (χ0n) is 14.0. The molecule has 0 N–H and O–H groups in total. The lowest BCUT2D eigenvalue weighted by molar-refractivity contribution is -0.153. The number of ether oxygens (including phenoxy) is 2. The van der Waals surface area contributed by atoms with Crippen molar-refractivity contribution in [2.45, 2.75) is 81.1 Å². The summed E-state index contributed by atoms with van der Waals surface area (Å²) in [6, 6.07) is 0. The Bertz CT molecular complexity index is 356. The van der Waals surface area contributed by atoms with E-state index in [1.54, 1.807) is 0 Å². The summed E-state index contributed by atoms with van der Waals surface area (Å²) in [4.78, 5) is 0. The third-order valence-corrected chi connectivity index (χ3v) is 5.98. The molecule has 0 spiro atoms. The molecule has 0 radical (unpaired) electrons. The van der Waals surface area contributed by atoms with Gasteiger partial charge in [-0.25, -0.2) is 0 Å². The van der Waals surface area contributed by atoms with Crippen molar-refractivity contribution in [3.05, 3.63) is 12.7 Å². The molecule has 2 aliphatic carbocycles. The normalized spacial score (nSPS) is 33.5. The van der Waals surface area contributed by atoms with Crippen LogP contribution in [-0.2, 0) is 18.8 Å². The molecule has 1 heterocycles. The minimum absolute atomic E-state index is 0.0389. The molecule has 1 aliphatic heterocycles. The lowest BCUT2D eigenvalue weighted by atomic mass is 9.81. The fraction of sp³-hybridized carbons (Fsp3) is 0.882. The van der Waals surface area contributed by atoms with Crippen LogP contribution < -0.4 is 0 Å². The average Bonchev–Trinajstić information content (AvgIpc) is 3.27. The largest absolute Gasteiger partial charge is 0.461 e. The third kappa shape index (κ3) is 2.66. The summed E-state index contributed by atoms with van der Waals surface area (Å²) in [5, 5.41) is 0. The predicted octanol–water partition coefficient (Wildman–Crippen LogP) is 3.36. The van der Waals surface area contributed by atoms with Crippen LogP contribution >= 0.6 is 0 Å². The van der Waals surface area contributed by atoms with Crippen molar-refractivity contribution in [1.82, 2.24) is 0 Å². The summed E-state index contributed by atoms with van der Waals surface area (Å²) in [6.07, 6.45) is 11.5. The number of methoxy groups -OCH3 is 2. The van der Waals surface area contributed by atoms with Gasteiger partial charge in [0.1, 0.15) is 0 Å². The molecule has 0 aromatic carbocycles. The smallest absolute Gasteiger partial charge is 0.402 e. The SMILES string of the molecule is C=CCB1O[C@@H](C2(OC)CCCC2)[C@H](C2(OC)CCCC2)O1. The first kappa shape index (κ1) is 16.5. The summed E-state index contributed by atoms with van der Waals surface area (Å²) < 4.78 is 24.7. The van der Waals surface area contributed by atoms with Crippen molar-refractivity contribution in [2.24, 2.45) is 0 Å². The monoisotopic (exact) mass is 308 g/mol. The Kier molecular flexibility index (Phi) is 4.98. The van der Waals surface area contributed by atoms with E-state index in [4.69, 9.17) is 18.8 Å². The van der Waals surface area contributed by atoms with Gasteiger partial charge in [-0.15, -0.1) is 6.58 Å². The summed E-state index contributed by atoms with van der Waals surface area (Å²) in [5.41, 5.74) is -0.427. The minimum atomic E-state index is -0.215. The number of allylic oxidation sites excluding steroid dienone is 1. The first-order valence-electron chi connectivity index (χ1n) is 8.72. The highest BCUT2D eigenvalue weighted by molar-refractivity contribution is 6.45. The van der Waals surface area contributed by atoms with Gasteiger partial charge < -0.3 is 18.8 Å². The third-order valence-electron chi connectivity index (χ3n) is 5.98. The molecule has 0 aromatic heterocycles. The zero-order valence-corrected chi connectivity index (χ0v) is 14.0. The van der Waals surface area contributed by atoms with Crippen LogP contribution in [0.1, 0.15) is 51.4 Å². The van der Waals surface area contributed by atoms with Gasteiger partial charge in [-0.05, 0) is 25.7 Å². The van der Waals surface area contributed by atoms with E-state index in [0.29, 0.717) is 6.32 Å². The fourth-order valence-electron chi connectivity index (χ4n) is 4.71. The molecule has 3 fully saturated rings. The Morgan fingerprint density at radius 3 is 1.68 bits per heavy atom. The van der Waals surface area contributed by atoms with Crippen LogP contribution in [0.25, 0.3) is 0 Å². The molecule has 3 aliphatic rings. The Labute approximate surface area is 134 Å².